The molecule has 1 atom stereocenters. The predicted molar refractivity (Wildman–Crippen MR) is 76.3 cm³/mol. The van der Waals surface area contributed by atoms with Crippen LogP contribution in [0.3, 0.4) is 0 Å². The van der Waals surface area contributed by atoms with Crippen LogP contribution in [0.4, 0.5) is 5.69 Å². The SMILES string of the molecule is CC(=O)N1CCC(O)(CN)Cc2ccc(C)c(C)c21. The Morgan fingerprint density at radius 2 is 2.16 bits per heavy atom. The van der Waals surface area contributed by atoms with Crippen LogP contribution in [0.15, 0.2) is 12.1 Å². The van der Waals surface area contributed by atoms with Crippen LogP contribution in [0.2, 0.25) is 0 Å². The Kier molecular flexibility index (Phi) is 3.65. The number of fused-ring (bicyclic) bond motifs is 1. The quantitative estimate of drug-likeness (QED) is 0.801. The molecule has 1 amide bonds. The number of aryl methyl sites for hydroxylation is 1. The second kappa shape index (κ2) is 4.94. The van der Waals surface area contributed by atoms with E-state index in [2.05, 4.69) is 0 Å². The number of benzene rings is 1. The van der Waals surface area contributed by atoms with Gasteiger partial charge in [0.25, 0.3) is 0 Å². The molecule has 4 heteroatoms. The fraction of sp³-hybridized carbons (Fsp3) is 0.533. The van der Waals surface area contributed by atoms with E-state index in [1.165, 1.54) is 0 Å². The molecule has 1 aromatic carbocycles. The van der Waals surface area contributed by atoms with E-state index in [-0.39, 0.29) is 12.5 Å². The molecule has 19 heavy (non-hydrogen) atoms. The van der Waals surface area contributed by atoms with Crippen LogP contribution in [-0.2, 0) is 11.2 Å². The molecule has 0 aromatic heterocycles. The Labute approximate surface area is 114 Å². The molecular formula is C15H22N2O2. The van der Waals surface area contributed by atoms with Gasteiger partial charge in [0.1, 0.15) is 0 Å². The lowest BCUT2D eigenvalue weighted by atomic mass is 9.90. The number of nitrogens with two attached hydrogens (primary N) is 1. The lowest BCUT2D eigenvalue weighted by Gasteiger charge is -2.25. The van der Waals surface area contributed by atoms with Gasteiger partial charge in [0.2, 0.25) is 5.91 Å². The van der Waals surface area contributed by atoms with Crippen LogP contribution in [0.1, 0.15) is 30.0 Å². The van der Waals surface area contributed by atoms with Gasteiger partial charge in [-0.05, 0) is 37.0 Å². The molecule has 1 unspecified atom stereocenters. The molecule has 0 saturated carbocycles. The maximum absolute atomic E-state index is 11.9. The highest BCUT2D eigenvalue weighted by atomic mass is 16.3. The van der Waals surface area contributed by atoms with E-state index in [4.69, 9.17) is 5.73 Å². The maximum Gasteiger partial charge on any atom is 0.223 e. The summed E-state index contributed by atoms with van der Waals surface area (Å²) in [5, 5.41) is 10.5. The second-order valence-electron chi connectivity index (χ2n) is 5.54. The third-order valence-corrected chi connectivity index (χ3v) is 4.14. The topological polar surface area (TPSA) is 66.6 Å². The zero-order chi connectivity index (χ0) is 14.2. The number of nitrogens with zero attached hydrogens (tertiary/aromatic N) is 1. The normalized spacial score (nSPS) is 22.9. The molecule has 1 heterocycles. The molecule has 4 nitrogen and oxygen atoms in total. The van der Waals surface area contributed by atoms with E-state index >= 15 is 0 Å². The lowest BCUT2D eigenvalue weighted by Crippen LogP contribution is -2.41. The van der Waals surface area contributed by atoms with Crippen LogP contribution >= 0.6 is 0 Å². The zero-order valence-electron chi connectivity index (χ0n) is 11.9. The highest BCUT2D eigenvalue weighted by Gasteiger charge is 2.33. The van der Waals surface area contributed by atoms with Crippen LogP contribution in [0.25, 0.3) is 0 Å². The summed E-state index contributed by atoms with van der Waals surface area (Å²) < 4.78 is 0. The van der Waals surface area contributed by atoms with E-state index in [0.29, 0.717) is 19.4 Å². The third kappa shape index (κ3) is 2.51. The van der Waals surface area contributed by atoms with Crippen LogP contribution < -0.4 is 10.6 Å². The summed E-state index contributed by atoms with van der Waals surface area (Å²) >= 11 is 0. The van der Waals surface area contributed by atoms with E-state index in [0.717, 1.165) is 22.4 Å². The predicted octanol–water partition coefficient (Wildman–Crippen LogP) is 1.29. The Morgan fingerprint density at radius 3 is 2.74 bits per heavy atom. The first-order chi connectivity index (χ1) is 8.88. The lowest BCUT2D eigenvalue weighted by molar-refractivity contribution is -0.116. The Hall–Kier alpha value is -1.39. The Balaban J connectivity index is 2.59. The highest BCUT2D eigenvalue weighted by Crippen LogP contribution is 2.34. The molecule has 0 fully saturated rings. The molecule has 2 rings (SSSR count). The summed E-state index contributed by atoms with van der Waals surface area (Å²) in [5.41, 5.74) is 9.00. The molecule has 1 aromatic rings. The van der Waals surface area contributed by atoms with Gasteiger partial charge in [-0.2, -0.15) is 0 Å². The standard InChI is InChI=1S/C15H22N2O2/c1-10-4-5-13-8-15(19,9-16)6-7-17(12(3)18)14(13)11(10)2/h4-5,19H,6-9,16H2,1-3H3. The molecule has 104 valence electrons. The van der Waals surface area contributed by atoms with Gasteiger partial charge in [-0.1, -0.05) is 12.1 Å². The number of amides is 1. The molecule has 0 spiro atoms. The Bertz CT molecular complexity index is 513. The zero-order valence-corrected chi connectivity index (χ0v) is 11.9. The number of hydrogen-bond donors (Lipinski definition) is 2. The van der Waals surface area contributed by atoms with Crippen LogP contribution in [0, 0.1) is 13.8 Å². The molecule has 0 aliphatic carbocycles. The molecule has 0 saturated heterocycles. The summed E-state index contributed by atoms with van der Waals surface area (Å²) in [6.45, 7) is 6.36. The second-order valence-corrected chi connectivity index (χ2v) is 5.54. The van der Waals surface area contributed by atoms with Crippen molar-refractivity contribution in [3.63, 3.8) is 0 Å². The van der Waals surface area contributed by atoms with Gasteiger partial charge in [0.05, 0.1) is 11.3 Å². The minimum atomic E-state index is -0.916. The van der Waals surface area contributed by atoms with E-state index in [9.17, 15) is 9.90 Å². The minimum absolute atomic E-state index is 0.0104. The molecule has 0 bridgehead atoms. The monoisotopic (exact) mass is 262 g/mol. The Morgan fingerprint density at radius 1 is 1.47 bits per heavy atom. The largest absolute Gasteiger partial charge is 0.388 e. The first-order valence-corrected chi connectivity index (χ1v) is 6.67. The number of anilines is 1. The minimum Gasteiger partial charge on any atom is -0.388 e. The molecule has 0 radical (unpaired) electrons. The molecular weight excluding hydrogens is 240 g/mol. The van der Waals surface area contributed by atoms with Crippen LogP contribution in [0.5, 0.6) is 0 Å². The fourth-order valence-electron chi connectivity index (χ4n) is 2.74. The van der Waals surface area contributed by atoms with E-state index in [1.807, 2.05) is 26.0 Å². The van der Waals surface area contributed by atoms with Gasteiger partial charge in [-0.3, -0.25) is 4.79 Å². The van der Waals surface area contributed by atoms with Crippen molar-refractivity contribution in [1.82, 2.24) is 0 Å². The van der Waals surface area contributed by atoms with Crippen molar-refractivity contribution in [3.8, 4) is 0 Å². The first kappa shape index (κ1) is 14.0. The summed E-state index contributed by atoms with van der Waals surface area (Å²) in [7, 11) is 0. The average Bonchev–Trinajstić information content (AvgIpc) is 2.51. The summed E-state index contributed by atoms with van der Waals surface area (Å²) in [6.07, 6.45) is 1.01. The third-order valence-electron chi connectivity index (χ3n) is 4.14. The first-order valence-electron chi connectivity index (χ1n) is 6.67. The van der Waals surface area contributed by atoms with Crippen molar-refractivity contribution >= 4 is 11.6 Å². The molecule has 3 N–H and O–H groups in total. The van der Waals surface area contributed by atoms with Crippen molar-refractivity contribution < 1.29 is 9.90 Å². The van der Waals surface area contributed by atoms with Crippen molar-refractivity contribution in [2.75, 3.05) is 18.0 Å². The molecule has 1 aliphatic heterocycles. The van der Waals surface area contributed by atoms with Crippen molar-refractivity contribution in [1.29, 1.82) is 0 Å². The van der Waals surface area contributed by atoms with Crippen molar-refractivity contribution in [2.45, 2.75) is 39.2 Å². The smallest absolute Gasteiger partial charge is 0.223 e. The van der Waals surface area contributed by atoms with Gasteiger partial charge >= 0.3 is 0 Å². The average molecular weight is 262 g/mol. The highest BCUT2D eigenvalue weighted by molar-refractivity contribution is 5.93. The van der Waals surface area contributed by atoms with Crippen molar-refractivity contribution in [2.24, 2.45) is 5.73 Å². The van der Waals surface area contributed by atoms with Gasteiger partial charge in [0, 0.05) is 26.4 Å². The molecule has 1 aliphatic rings. The summed E-state index contributed by atoms with van der Waals surface area (Å²) in [4.78, 5) is 13.7. The van der Waals surface area contributed by atoms with Gasteiger partial charge in [-0.25, -0.2) is 0 Å². The van der Waals surface area contributed by atoms with Gasteiger partial charge in [0.15, 0.2) is 0 Å². The fourth-order valence-corrected chi connectivity index (χ4v) is 2.74. The number of hydrogen-bond acceptors (Lipinski definition) is 3. The van der Waals surface area contributed by atoms with Crippen LogP contribution in [-0.4, -0.2) is 29.7 Å². The van der Waals surface area contributed by atoms with E-state index < -0.39 is 5.60 Å². The summed E-state index contributed by atoms with van der Waals surface area (Å²) in [5.74, 6) is 0.0104. The number of carbonyl (C=O) groups is 1. The number of carbonyl (C=O) groups excluding carboxylic acids is 1. The summed E-state index contributed by atoms with van der Waals surface area (Å²) in [6, 6.07) is 4.04. The van der Waals surface area contributed by atoms with Gasteiger partial charge in [-0.15, -0.1) is 0 Å². The van der Waals surface area contributed by atoms with Gasteiger partial charge < -0.3 is 15.7 Å². The maximum atomic E-state index is 11.9. The van der Waals surface area contributed by atoms with E-state index in [1.54, 1.807) is 11.8 Å². The number of aliphatic hydroxyl groups is 1. The van der Waals surface area contributed by atoms with Crippen molar-refractivity contribution in [3.05, 3.63) is 28.8 Å². The number of rotatable bonds is 1.